The predicted molar refractivity (Wildman–Crippen MR) is 60.7 cm³/mol. The largest absolute Gasteiger partial charge is 0.416 e. The molecule has 18 heavy (non-hydrogen) atoms. The Morgan fingerprint density at radius 3 is 2.67 bits per heavy atom. The van der Waals surface area contributed by atoms with E-state index in [1.807, 2.05) is 6.92 Å². The molecule has 0 saturated heterocycles. The summed E-state index contributed by atoms with van der Waals surface area (Å²) in [5, 5.41) is 3.72. The number of hydrogen-bond acceptors (Lipinski definition) is 3. The van der Waals surface area contributed by atoms with Crippen LogP contribution < -0.4 is 5.73 Å². The van der Waals surface area contributed by atoms with Crippen LogP contribution in [0.5, 0.6) is 0 Å². The second-order valence-corrected chi connectivity index (χ2v) is 3.80. The SMILES string of the molecule is CCc1noc(N)c1-c1cccc(C(F)(F)F)c1. The summed E-state index contributed by atoms with van der Waals surface area (Å²) < 4.78 is 42.7. The molecule has 0 atom stereocenters. The molecule has 0 bridgehead atoms. The monoisotopic (exact) mass is 256 g/mol. The lowest BCUT2D eigenvalue weighted by Crippen LogP contribution is -2.04. The van der Waals surface area contributed by atoms with Crippen LogP contribution in [0.25, 0.3) is 11.1 Å². The molecule has 0 aliphatic rings. The second-order valence-electron chi connectivity index (χ2n) is 3.80. The van der Waals surface area contributed by atoms with Gasteiger partial charge in [0.25, 0.3) is 0 Å². The molecule has 2 N–H and O–H groups in total. The van der Waals surface area contributed by atoms with E-state index < -0.39 is 11.7 Å². The van der Waals surface area contributed by atoms with Crippen molar-refractivity contribution >= 4 is 5.88 Å². The highest BCUT2D eigenvalue weighted by atomic mass is 19.4. The van der Waals surface area contributed by atoms with Crippen LogP contribution >= 0.6 is 0 Å². The maximum atomic E-state index is 12.6. The van der Waals surface area contributed by atoms with Crippen molar-refractivity contribution in [2.75, 3.05) is 5.73 Å². The molecular weight excluding hydrogens is 245 g/mol. The van der Waals surface area contributed by atoms with Gasteiger partial charge in [0, 0.05) is 0 Å². The summed E-state index contributed by atoms with van der Waals surface area (Å²) in [5.74, 6) is 0.0335. The average Bonchev–Trinajstić information content (AvgIpc) is 2.69. The van der Waals surface area contributed by atoms with Crippen molar-refractivity contribution in [1.29, 1.82) is 0 Å². The van der Waals surface area contributed by atoms with Gasteiger partial charge in [0.15, 0.2) is 0 Å². The first-order valence-electron chi connectivity index (χ1n) is 5.35. The van der Waals surface area contributed by atoms with E-state index in [2.05, 4.69) is 5.16 Å². The number of aromatic nitrogens is 1. The lowest BCUT2D eigenvalue weighted by Gasteiger charge is -2.08. The number of benzene rings is 1. The summed E-state index contributed by atoms with van der Waals surface area (Å²) in [6.07, 6.45) is -3.85. The molecule has 0 amide bonds. The van der Waals surface area contributed by atoms with E-state index in [-0.39, 0.29) is 5.88 Å². The van der Waals surface area contributed by atoms with Crippen molar-refractivity contribution in [2.24, 2.45) is 0 Å². The van der Waals surface area contributed by atoms with E-state index >= 15 is 0 Å². The van der Waals surface area contributed by atoms with Crippen LogP contribution in [0.3, 0.4) is 0 Å². The van der Waals surface area contributed by atoms with E-state index in [1.165, 1.54) is 6.07 Å². The summed E-state index contributed by atoms with van der Waals surface area (Å²) in [4.78, 5) is 0. The molecule has 0 fully saturated rings. The van der Waals surface area contributed by atoms with Crippen LogP contribution in [0.4, 0.5) is 19.1 Å². The van der Waals surface area contributed by atoms with Crippen LogP contribution in [0.15, 0.2) is 28.8 Å². The highest BCUT2D eigenvalue weighted by molar-refractivity contribution is 5.75. The maximum absolute atomic E-state index is 12.6. The number of alkyl halides is 3. The molecule has 0 saturated carbocycles. The van der Waals surface area contributed by atoms with Crippen molar-refractivity contribution in [2.45, 2.75) is 19.5 Å². The Hall–Kier alpha value is -1.98. The number of aryl methyl sites for hydroxylation is 1. The first-order valence-corrected chi connectivity index (χ1v) is 5.35. The van der Waals surface area contributed by atoms with Gasteiger partial charge in [-0.25, -0.2) is 0 Å². The zero-order valence-electron chi connectivity index (χ0n) is 9.58. The molecule has 0 aliphatic heterocycles. The van der Waals surface area contributed by atoms with E-state index in [0.29, 0.717) is 23.2 Å². The fourth-order valence-electron chi connectivity index (χ4n) is 1.74. The van der Waals surface area contributed by atoms with Gasteiger partial charge in [-0.15, -0.1) is 0 Å². The van der Waals surface area contributed by atoms with Gasteiger partial charge in [-0.05, 0) is 24.1 Å². The van der Waals surface area contributed by atoms with Gasteiger partial charge in [0.2, 0.25) is 5.88 Å². The smallest absolute Gasteiger partial charge is 0.367 e. The third-order valence-electron chi connectivity index (χ3n) is 2.60. The summed E-state index contributed by atoms with van der Waals surface area (Å²) in [6.45, 7) is 1.83. The Bertz CT molecular complexity index is 561. The van der Waals surface area contributed by atoms with Crippen molar-refractivity contribution in [1.82, 2.24) is 5.16 Å². The van der Waals surface area contributed by atoms with E-state index in [1.54, 1.807) is 6.07 Å². The summed E-state index contributed by atoms with van der Waals surface area (Å²) in [6, 6.07) is 4.95. The van der Waals surface area contributed by atoms with Crippen LogP contribution in [-0.4, -0.2) is 5.16 Å². The molecule has 6 heteroatoms. The Labute approximate surface area is 101 Å². The first kappa shape index (κ1) is 12.5. The molecule has 0 radical (unpaired) electrons. The van der Waals surface area contributed by atoms with Gasteiger partial charge in [-0.3, -0.25) is 0 Å². The number of hydrogen-bond donors (Lipinski definition) is 1. The average molecular weight is 256 g/mol. The van der Waals surface area contributed by atoms with Gasteiger partial charge >= 0.3 is 6.18 Å². The van der Waals surface area contributed by atoms with Gasteiger partial charge in [0.05, 0.1) is 16.8 Å². The van der Waals surface area contributed by atoms with Crippen LogP contribution in [0, 0.1) is 0 Å². The number of nitrogen functional groups attached to an aromatic ring is 1. The fraction of sp³-hybridized carbons (Fsp3) is 0.250. The summed E-state index contributed by atoms with van der Waals surface area (Å²) >= 11 is 0. The number of nitrogens with two attached hydrogens (primary N) is 1. The molecule has 3 nitrogen and oxygen atoms in total. The zero-order valence-corrected chi connectivity index (χ0v) is 9.58. The molecular formula is C12H11F3N2O. The molecule has 1 aromatic heterocycles. The Kier molecular flexibility index (Phi) is 3.02. The second kappa shape index (κ2) is 4.36. The first-order chi connectivity index (χ1) is 8.43. The molecule has 1 heterocycles. The van der Waals surface area contributed by atoms with Gasteiger partial charge in [0.1, 0.15) is 0 Å². The quantitative estimate of drug-likeness (QED) is 0.894. The number of nitrogens with zero attached hydrogens (tertiary/aromatic N) is 1. The summed E-state index contributed by atoms with van der Waals surface area (Å²) in [5.41, 5.74) is 6.22. The van der Waals surface area contributed by atoms with Crippen LogP contribution in [0.2, 0.25) is 0 Å². The van der Waals surface area contributed by atoms with Crippen LogP contribution in [0.1, 0.15) is 18.2 Å². The van der Waals surface area contributed by atoms with Crippen molar-refractivity contribution in [3.05, 3.63) is 35.5 Å². The lowest BCUT2D eigenvalue weighted by molar-refractivity contribution is -0.137. The highest BCUT2D eigenvalue weighted by Gasteiger charge is 2.31. The standard InChI is InChI=1S/C12H11F3N2O/c1-2-9-10(11(16)18-17-9)7-4-3-5-8(6-7)12(13,14)15/h3-6H,2,16H2,1H3. The van der Waals surface area contributed by atoms with E-state index in [0.717, 1.165) is 12.1 Å². The Morgan fingerprint density at radius 1 is 1.33 bits per heavy atom. The van der Waals surface area contributed by atoms with Crippen LogP contribution in [-0.2, 0) is 12.6 Å². The topological polar surface area (TPSA) is 52.0 Å². The molecule has 0 spiro atoms. The Morgan fingerprint density at radius 2 is 2.06 bits per heavy atom. The minimum absolute atomic E-state index is 0.0335. The summed E-state index contributed by atoms with van der Waals surface area (Å²) in [7, 11) is 0. The fourth-order valence-corrected chi connectivity index (χ4v) is 1.74. The van der Waals surface area contributed by atoms with Gasteiger partial charge < -0.3 is 10.3 Å². The Balaban J connectivity index is 2.55. The van der Waals surface area contributed by atoms with E-state index in [9.17, 15) is 13.2 Å². The lowest BCUT2D eigenvalue weighted by atomic mass is 10.0. The predicted octanol–water partition coefficient (Wildman–Crippen LogP) is 3.51. The van der Waals surface area contributed by atoms with Crippen molar-refractivity contribution in [3.8, 4) is 11.1 Å². The highest BCUT2D eigenvalue weighted by Crippen LogP contribution is 2.35. The third kappa shape index (κ3) is 2.18. The molecule has 0 aliphatic carbocycles. The maximum Gasteiger partial charge on any atom is 0.416 e. The minimum atomic E-state index is -4.38. The molecule has 96 valence electrons. The number of rotatable bonds is 2. The molecule has 2 aromatic rings. The van der Waals surface area contributed by atoms with Crippen molar-refractivity contribution < 1.29 is 17.7 Å². The van der Waals surface area contributed by atoms with Gasteiger partial charge in [-0.1, -0.05) is 24.2 Å². The molecule has 2 rings (SSSR count). The minimum Gasteiger partial charge on any atom is -0.367 e. The third-order valence-corrected chi connectivity index (χ3v) is 2.60. The number of halogens is 3. The zero-order chi connectivity index (χ0) is 13.3. The normalized spacial score (nSPS) is 11.8. The number of anilines is 1. The molecule has 0 unspecified atom stereocenters. The molecule has 1 aromatic carbocycles. The van der Waals surface area contributed by atoms with Crippen molar-refractivity contribution in [3.63, 3.8) is 0 Å². The van der Waals surface area contributed by atoms with E-state index in [4.69, 9.17) is 10.3 Å². The van der Waals surface area contributed by atoms with Gasteiger partial charge in [-0.2, -0.15) is 13.2 Å².